The second-order valence-corrected chi connectivity index (χ2v) is 4.55. The van der Waals surface area contributed by atoms with Gasteiger partial charge in [0.05, 0.1) is 6.54 Å². The van der Waals surface area contributed by atoms with E-state index < -0.39 is 0 Å². The fourth-order valence-corrected chi connectivity index (χ4v) is 1.92. The van der Waals surface area contributed by atoms with Crippen LogP contribution in [0.4, 0.5) is 0 Å². The largest absolute Gasteiger partial charge is 0.493 e. The standard InChI is InChI=1S/C15H14N2O2/c1-10-3-5-12(6-4-10)9-17-14(18)7-11(2)13(8-16)15(17)19/h3-7,19H,9H2,1-2H3. The summed E-state index contributed by atoms with van der Waals surface area (Å²) in [5.74, 6) is -0.270. The summed E-state index contributed by atoms with van der Waals surface area (Å²) in [5.41, 5.74) is 2.35. The SMILES string of the molecule is Cc1ccc(Cn2c(O)c(C#N)c(C)cc2=O)cc1. The van der Waals surface area contributed by atoms with Crippen molar-refractivity contribution in [3.8, 4) is 11.9 Å². The topological polar surface area (TPSA) is 66.0 Å². The van der Waals surface area contributed by atoms with E-state index in [4.69, 9.17) is 5.26 Å². The predicted octanol–water partition coefficient (Wildman–Crippen LogP) is 2.09. The molecule has 2 rings (SSSR count). The maximum Gasteiger partial charge on any atom is 0.253 e. The van der Waals surface area contributed by atoms with Crippen LogP contribution in [0.25, 0.3) is 0 Å². The Morgan fingerprint density at radius 2 is 1.89 bits per heavy atom. The van der Waals surface area contributed by atoms with Crippen molar-refractivity contribution in [1.82, 2.24) is 4.57 Å². The van der Waals surface area contributed by atoms with Crippen LogP contribution in [0.5, 0.6) is 5.88 Å². The van der Waals surface area contributed by atoms with Crippen molar-refractivity contribution in [3.63, 3.8) is 0 Å². The van der Waals surface area contributed by atoms with Crippen LogP contribution in [-0.4, -0.2) is 9.67 Å². The Morgan fingerprint density at radius 1 is 1.26 bits per heavy atom. The third kappa shape index (κ3) is 2.50. The Kier molecular flexibility index (Phi) is 3.39. The van der Waals surface area contributed by atoms with E-state index in [1.54, 1.807) is 6.92 Å². The molecular formula is C15H14N2O2. The van der Waals surface area contributed by atoms with Crippen LogP contribution in [0.15, 0.2) is 35.1 Å². The number of aromatic nitrogens is 1. The van der Waals surface area contributed by atoms with Crippen LogP contribution in [0, 0.1) is 25.2 Å². The molecule has 1 aromatic carbocycles. The lowest BCUT2D eigenvalue weighted by molar-refractivity contribution is 0.412. The van der Waals surface area contributed by atoms with Crippen molar-refractivity contribution in [3.05, 3.63) is 62.9 Å². The van der Waals surface area contributed by atoms with E-state index in [1.165, 1.54) is 10.6 Å². The highest BCUT2D eigenvalue weighted by Crippen LogP contribution is 2.18. The van der Waals surface area contributed by atoms with Gasteiger partial charge in [0.1, 0.15) is 11.6 Å². The van der Waals surface area contributed by atoms with Crippen molar-refractivity contribution in [2.45, 2.75) is 20.4 Å². The van der Waals surface area contributed by atoms with Crippen molar-refractivity contribution in [2.24, 2.45) is 0 Å². The number of hydrogen-bond acceptors (Lipinski definition) is 3. The van der Waals surface area contributed by atoms with Crippen molar-refractivity contribution in [2.75, 3.05) is 0 Å². The molecule has 0 aliphatic carbocycles. The summed E-state index contributed by atoms with van der Waals surface area (Å²) >= 11 is 0. The van der Waals surface area contributed by atoms with Gasteiger partial charge < -0.3 is 5.11 Å². The molecule has 4 heteroatoms. The quantitative estimate of drug-likeness (QED) is 0.892. The molecule has 0 radical (unpaired) electrons. The zero-order chi connectivity index (χ0) is 14.0. The second-order valence-electron chi connectivity index (χ2n) is 4.55. The van der Waals surface area contributed by atoms with Crippen LogP contribution in [0.3, 0.4) is 0 Å². The minimum Gasteiger partial charge on any atom is -0.493 e. The van der Waals surface area contributed by atoms with Gasteiger partial charge in [0.15, 0.2) is 0 Å². The average Bonchev–Trinajstić information content (AvgIpc) is 2.37. The summed E-state index contributed by atoms with van der Waals surface area (Å²) in [5, 5.41) is 19.0. The highest BCUT2D eigenvalue weighted by atomic mass is 16.3. The number of nitrogens with zero attached hydrogens (tertiary/aromatic N) is 2. The van der Waals surface area contributed by atoms with Crippen molar-refractivity contribution >= 4 is 0 Å². The predicted molar refractivity (Wildman–Crippen MR) is 72.1 cm³/mol. The van der Waals surface area contributed by atoms with E-state index in [-0.39, 0.29) is 23.5 Å². The van der Waals surface area contributed by atoms with Crippen LogP contribution in [-0.2, 0) is 6.54 Å². The lowest BCUT2D eigenvalue weighted by Gasteiger charge is -2.11. The smallest absolute Gasteiger partial charge is 0.253 e. The van der Waals surface area contributed by atoms with Crippen LogP contribution in [0.1, 0.15) is 22.3 Å². The molecule has 0 saturated carbocycles. The highest BCUT2D eigenvalue weighted by molar-refractivity contribution is 5.44. The molecule has 0 bridgehead atoms. The normalized spacial score (nSPS) is 10.2. The number of nitriles is 1. The van der Waals surface area contributed by atoms with Crippen molar-refractivity contribution < 1.29 is 5.11 Å². The lowest BCUT2D eigenvalue weighted by atomic mass is 10.1. The molecule has 4 nitrogen and oxygen atoms in total. The molecule has 0 spiro atoms. The first-order valence-corrected chi connectivity index (χ1v) is 5.92. The Hall–Kier alpha value is -2.54. The zero-order valence-corrected chi connectivity index (χ0v) is 10.8. The minimum atomic E-state index is -0.311. The zero-order valence-electron chi connectivity index (χ0n) is 10.8. The number of benzene rings is 1. The van der Waals surface area contributed by atoms with Crippen LogP contribution >= 0.6 is 0 Å². The van der Waals surface area contributed by atoms with Gasteiger partial charge in [-0.25, -0.2) is 0 Å². The summed E-state index contributed by atoms with van der Waals surface area (Å²) in [7, 11) is 0. The van der Waals surface area contributed by atoms with E-state index in [9.17, 15) is 9.90 Å². The molecule has 1 N–H and O–H groups in total. The van der Waals surface area contributed by atoms with Crippen LogP contribution < -0.4 is 5.56 Å². The molecule has 0 fully saturated rings. The van der Waals surface area contributed by atoms with E-state index in [0.29, 0.717) is 5.56 Å². The Bertz CT molecular complexity index is 707. The number of hydrogen-bond donors (Lipinski definition) is 1. The first-order chi connectivity index (χ1) is 9.02. The van der Waals surface area contributed by atoms with Gasteiger partial charge in [-0.05, 0) is 25.0 Å². The number of aryl methyl sites for hydroxylation is 2. The minimum absolute atomic E-state index is 0.145. The summed E-state index contributed by atoms with van der Waals surface area (Å²) in [4.78, 5) is 11.9. The van der Waals surface area contributed by atoms with Gasteiger partial charge in [-0.15, -0.1) is 0 Å². The monoisotopic (exact) mass is 254 g/mol. The third-order valence-corrected chi connectivity index (χ3v) is 3.05. The van der Waals surface area contributed by atoms with E-state index in [0.717, 1.165) is 11.1 Å². The fourth-order valence-electron chi connectivity index (χ4n) is 1.92. The van der Waals surface area contributed by atoms with Gasteiger partial charge in [-0.2, -0.15) is 5.26 Å². The maximum absolute atomic E-state index is 11.9. The summed E-state index contributed by atoms with van der Waals surface area (Å²) in [6.45, 7) is 3.86. The maximum atomic E-state index is 11.9. The first kappa shape index (κ1) is 12.9. The molecule has 0 saturated heterocycles. The molecule has 0 unspecified atom stereocenters. The number of aromatic hydroxyl groups is 1. The molecule has 0 aliphatic heterocycles. The van der Waals surface area contributed by atoms with E-state index in [2.05, 4.69) is 0 Å². The Labute approximate surface area is 111 Å². The van der Waals surface area contributed by atoms with Gasteiger partial charge in [-0.1, -0.05) is 29.8 Å². The molecule has 1 heterocycles. The molecule has 96 valence electrons. The molecule has 0 aliphatic rings. The molecular weight excluding hydrogens is 240 g/mol. The van der Waals surface area contributed by atoms with Gasteiger partial charge in [0.2, 0.25) is 5.88 Å². The second kappa shape index (κ2) is 4.99. The average molecular weight is 254 g/mol. The highest BCUT2D eigenvalue weighted by Gasteiger charge is 2.12. The van der Waals surface area contributed by atoms with E-state index >= 15 is 0 Å². The Balaban J connectivity index is 2.49. The Morgan fingerprint density at radius 3 is 2.47 bits per heavy atom. The van der Waals surface area contributed by atoms with Gasteiger partial charge in [0, 0.05) is 6.07 Å². The lowest BCUT2D eigenvalue weighted by Crippen LogP contribution is -2.21. The van der Waals surface area contributed by atoms with E-state index in [1.807, 2.05) is 37.3 Å². The summed E-state index contributed by atoms with van der Waals surface area (Å²) in [6, 6.07) is 11.0. The van der Waals surface area contributed by atoms with Crippen molar-refractivity contribution in [1.29, 1.82) is 5.26 Å². The third-order valence-electron chi connectivity index (χ3n) is 3.05. The first-order valence-electron chi connectivity index (χ1n) is 5.92. The van der Waals surface area contributed by atoms with Crippen LogP contribution in [0.2, 0.25) is 0 Å². The summed E-state index contributed by atoms with van der Waals surface area (Å²) in [6.07, 6.45) is 0. The molecule has 19 heavy (non-hydrogen) atoms. The molecule has 1 aromatic heterocycles. The summed E-state index contributed by atoms with van der Waals surface area (Å²) < 4.78 is 1.20. The van der Waals surface area contributed by atoms with Gasteiger partial charge in [-0.3, -0.25) is 9.36 Å². The number of pyridine rings is 1. The number of rotatable bonds is 2. The van der Waals surface area contributed by atoms with Gasteiger partial charge in [0.25, 0.3) is 5.56 Å². The van der Waals surface area contributed by atoms with Gasteiger partial charge >= 0.3 is 0 Å². The fraction of sp³-hybridized carbons (Fsp3) is 0.200. The molecule has 2 aromatic rings. The molecule has 0 amide bonds. The molecule has 0 atom stereocenters.